The van der Waals surface area contributed by atoms with Crippen molar-refractivity contribution in [2.45, 2.75) is 28.4 Å². The van der Waals surface area contributed by atoms with E-state index in [1.54, 1.807) is 42.1 Å². The molecule has 6 nitrogen and oxygen atoms in total. The number of halogens is 1. The summed E-state index contributed by atoms with van der Waals surface area (Å²) >= 11 is 1.56. The topological polar surface area (TPSA) is 69.7 Å². The van der Waals surface area contributed by atoms with E-state index in [1.165, 1.54) is 16.4 Å². The number of rotatable bonds is 3. The highest BCUT2D eigenvalue weighted by Gasteiger charge is 2.30. The molecule has 2 aliphatic rings. The molecule has 4 rings (SSSR count). The Balaban J connectivity index is 1.53. The number of anilines is 2. The summed E-state index contributed by atoms with van der Waals surface area (Å²) in [5.74, 6) is -0.422. The van der Waals surface area contributed by atoms with Crippen LogP contribution in [0.4, 0.5) is 15.8 Å². The molecular formula is C20H22FN3O3S2. The molecule has 0 bridgehead atoms. The van der Waals surface area contributed by atoms with Gasteiger partial charge in [0.25, 0.3) is 0 Å². The van der Waals surface area contributed by atoms with Crippen LogP contribution in [0, 0.1) is 5.82 Å². The number of piperazine rings is 1. The molecule has 2 aromatic carbocycles. The van der Waals surface area contributed by atoms with Crippen LogP contribution in [0.15, 0.2) is 52.3 Å². The molecule has 2 aliphatic heterocycles. The van der Waals surface area contributed by atoms with Crippen LogP contribution in [0.25, 0.3) is 0 Å². The first-order valence-corrected chi connectivity index (χ1v) is 11.8. The average molecular weight is 436 g/mol. The van der Waals surface area contributed by atoms with Crippen LogP contribution >= 0.6 is 11.8 Å². The van der Waals surface area contributed by atoms with E-state index in [0.29, 0.717) is 30.9 Å². The highest BCUT2D eigenvalue weighted by atomic mass is 32.2. The largest absolute Gasteiger partial charge is 0.367 e. The predicted octanol–water partition coefficient (Wildman–Crippen LogP) is 3.16. The first kappa shape index (κ1) is 20.2. The molecule has 0 radical (unpaired) electrons. The first-order chi connectivity index (χ1) is 13.8. The van der Waals surface area contributed by atoms with Gasteiger partial charge in [-0.3, -0.25) is 4.79 Å². The number of fused-ring (bicyclic) bond motifs is 1. The summed E-state index contributed by atoms with van der Waals surface area (Å²) in [6.07, 6.45) is 0.388. The number of amides is 1. The van der Waals surface area contributed by atoms with E-state index in [0.717, 1.165) is 4.90 Å². The van der Waals surface area contributed by atoms with Crippen molar-refractivity contribution in [3.05, 3.63) is 48.3 Å². The van der Waals surface area contributed by atoms with Crippen molar-refractivity contribution in [2.24, 2.45) is 0 Å². The van der Waals surface area contributed by atoms with E-state index in [4.69, 9.17) is 0 Å². The smallest absolute Gasteiger partial charge is 0.243 e. The van der Waals surface area contributed by atoms with Crippen molar-refractivity contribution < 1.29 is 17.6 Å². The van der Waals surface area contributed by atoms with E-state index >= 15 is 0 Å². The molecule has 0 aliphatic carbocycles. The van der Waals surface area contributed by atoms with Crippen LogP contribution in [-0.2, 0) is 14.8 Å². The summed E-state index contributed by atoms with van der Waals surface area (Å²) in [4.78, 5) is 14.9. The maximum atomic E-state index is 14.0. The maximum absolute atomic E-state index is 14.0. The van der Waals surface area contributed by atoms with Gasteiger partial charge in [-0.2, -0.15) is 4.31 Å². The highest BCUT2D eigenvalue weighted by molar-refractivity contribution is 8.00. The van der Waals surface area contributed by atoms with Crippen LogP contribution in [0.2, 0.25) is 0 Å². The Labute approximate surface area is 174 Å². The fourth-order valence-corrected chi connectivity index (χ4v) is 6.12. The fourth-order valence-electron chi connectivity index (χ4n) is 3.62. The zero-order chi connectivity index (χ0) is 20.6. The van der Waals surface area contributed by atoms with Gasteiger partial charge in [-0.05, 0) is 30.3 Å². The van der Waals surface area contributed by atoms with Gasteiger partial charge in [-0.1, -0.05) is 19.1 Å². The molecule has 2 aromatic rings. The van der Waals surface area contributed by atoms with Crippen LogP contribution in [-0.4, -0.2) is 50.1 Å². The minimum absolute atomic E-state index is 0.114. The number of hydrogen-bond acceptors (Lipinski definition) is 5. The Kier molecular flexibility index (Phi) is 5.54. The summed E-state index contributed by atoms with van der Waals surface area (Å²) in [5.41, 5.74) is 1.03. The van der Waals surface area contributed by atoms with Crippen molar-refractivity contribution in [3.8, 4) is 0 Å². The van der Waals surface area contributed by atoms with Gasteiger partial charge in [-0.15, -0.1) is 11.8 Å². The summed E-state index contributed by atoms with van der Waals surface area (Å²) in [6.45, 7) is 3.33. The zero-order valence-electron chi connectivity index (χ0n) is 16.0. The quantitative estimate of drug-likeness (QED) is 0.802. The lowest BCUT2D eigenvalue weighted by molar-refractivity contribution is -0.116. The molecule has 154 valence electrons. The van der Waals surface area contributed by atoms with Gasteiger partial charge in [0.2, 0.25) is 15.9 Å². The summed E-state index contributed by atoms with van der Waals surface area (Å²) in [5, 5.41) is 2.94. The third kappa shape index (κ3) is 4.12. The molecule has 1 amide bonds. The molecule has 29 heavy (non-hydrogen) atoms. The van der Waals surface area contributed by atoms with Crippen molar-refractivity contribution in [2.75, 3.05) is 36.4 Å². The highest BCUT2D eigenvalue weighted by Crippen LogP contribution is 2.36. The second-order valence-corrected chi connectivity index (χ2v) is 10.6. The normalized spacial score (nSPS) is 20.7. The molecule has 1 fully saturated rings. The number of nitrogens with one attached hydrogen (secondary N) is 1. The Bertz CT molecular complexity index is 1040. The van der Waals surface area contributed by atoms with Crippen molar-refractivity contribution >= 4 is 39.1 Å². The average Bonchev–Trinajstić information content (AvgIpc) is 2.84. The monoisotopic (exact) mass is 435 g/mol. The van der Waals surface area contributed by atoms with E-state index in [2.05, 4.69) is 5.32 Å². The Hall–Kier alpha value is -2.10. The minimum Gasteiger partial charge on any atom is -0.367 e. The van der Waals surface area contributed by atoms with Crippen molar-refractivity contribution in [1.29, 1.82) is 0 Å². The van der Waals surface area contributed by atoms with Gasteiger partial charge in [0.15, 0.2) is 0 Å². The van der Waals surface area contributed by atoms with E-state index in [-0.39, 0.29) is 35.0 Å². The molecule has 1 saturated heterocycles. The third-order valence-electron chi connectivity index (χ3n) is 5.10. The molecule has 0 saturated carbocycles. The molecule has 1 N–H and O–H groups in total. The number of hydrogen-bond donors (Lipinski definition) is 1. The molecular weight excluding hydrogens is 413 g/mol. The molecule has 0 aromatic heterocycles. The molecule has 1 unspecified atom stereocenters. The summed E-state index contributed by atoms with van der Waals surface area (Å²) in [6, 6.07) is 11.4. The number of carbonyl (C=O) groups is 1. The minimum atomic E-state index is -3.70. The standard InChI is InChI=1S/C20H22FN3O3S2/c1-14-12-20(25)22-17-13-15(6-7-19(17)28-14)29(26,27)24-10-8-23(9-11-24)18-5-3-2-4-16(18)21/h2-7,13-14H,8-12H2,1H3,(H,22,25). The van der Waals surface area contributed by atoms with Crippen LogP contribution in [0.5, 0.6) is 0 Å². The summed E-state index contributed by atoms with van der Waals surface area (Å²) in [7, 11) is -3.70. The second-order valence-electron chi connectivity index (χ2n) is 7.18. The lowest BCUT2D eigenvalue weighted by Gasteiger charge is -2.35. The lowest BCUT2D eigenvalue weighted by atomic mass is 10.2. The number of nitrogens with zero attached hydrogens (tertiary/aromatic N) is 2. The number of benzene rings is 2. The van der Waals surface area contributed by atoms with Gasteiger partial charge < -0.3 is 10.2 Å². The number of carbonyl (C=O) groups excluding carboxylic acids is 1. The van der Waals surface area contributed by atoms with E-state index < -0.39 is 10.0 Å². The third-order valence-corrected chi connectivity index (χ3v) is 8.17. The molecule has 9 heteroatoms. The van der Waals surface area contributed by atoms with Gasteiger partial charge in [0, 0.05) is 42.7 Å². The van der Waals surface area contributed by atoms with Crippen molar-refractivity contribution in [1.82, 2.24) is 4.31 Å². The van der Waals surface area contributed by atoms with E-state index in [1.807, 2.05) is 11.8 Å². The zero-order valence-corrected chi connectivity index (χ0v) is 17.6. The van der Waals surface area contributed by atoms with Crippen LogP contribution in [0.1, 0.15) is 13.3 Å². The molecule has 1 atom stereocenters. The van der Waals surface area contributed by atoms with Gasteiger partial charge in [0.05, 0.1) is 16.3 Å². The lowest BCUT2D eigenvalue weighted by Crippen LogP contribution is -2.48. The van der Waals surface area contributed by atoms with Gasteiger partial charge >= 0.3 is 0 Å². The van der Waals surface area contributed by atoms with Gasteiger partial charge in [-0.25, -0.2) is 12.8 Å². The van der Waals surface area contributed by atoms with Crippen molar-refractivity contribution in [3.63, 3.8) is 0 Å². The second kappa shape index (κ2) is 7.97. The SMILES string of the molecule is CC1CC(=O)Nc2cc(S(=O)(=O)N3CCN(c4ccccc4F)CC3)ccc2S1. The maximum Gasteiger partial charge on any atom is 0.243 e. The van der Waals surface area contributed by atoms with Crippen LogP contribution < -0.4 is 10.2 Å². The van der Waals surface area contributed by atoms with Crippen LogP contribution in [0.3, 0.4) is 0 Å². The van der Waals surface area contributed by atoms with E-state index in [9.17, 15) is 17.6 Å². The fraction of sp³-hybridized carbons (Fsp3) is 0.350. The Morgan fingerprint density at radius 2 is 1.83 bits per heavy atom. The Morgan fingerprint density at radius 3 is 2.55 bits per heavy atom. The number of sulfonamides is 1. The molecule has 0 spiro atoms. The number of para-hydroxylation sites is 1. The predicted molar refractivity (Wildman–Crippen MR) is 112 cm³/mol. The summed E-state index contributed by atoms with van der Waals surface area (Å²) < 4.78 is 41.7. The Morgan fingerprint density at radius 1 is 1.10 bits per heavy atom. The van der Waals surface area contributed by atoms with Gasteiger partial charge in [0.1, 0.15) is 5.82 Å². The first-order valence-electron chi connectivity index (χ1n) is 9.45. The molecule has 2 heterocycles. The number of thioether (sulfide) groups is 1.